The van der Waals surface area contributed by atoms with E-state index < -0.39 is 23.8 Å². The molecule has 1 amide bonds. The van der Waals surface area contributed by atoms with Crippen molar-refractivity contribution in [1.82, 2.24) is 0 Å². The zero-order valence-corrected chi connectivity index (χ0v) is 11.6. The molecule has 1 fully saturated rings. The maximum absolute atomic E-state index is 12.2. The van der Waals surface area contributed by atoms with Gasteiger partial charge in [0.05, 0.1) is 17.4 Å². The molecule has 1 aliphatic rings. The molecule has 1 aliphatic carbocycles. The molecule has 0 saturated heterocycles. The molecule has 0 aromatic heterocycles. The van der Waals surface area contributed by atoms with E-state index in [9.17, 15) is 14.4 Å². The summed E-state index contributed by atoms with van der Waals surface area (Å²) in [5, 5.41) is 20.6. The number of anilines is 1. The standard InChI is InChI=1S/C15H17NO5/c1-8-6-11(12(7-8)15(20)21)13(17)16-10-4-2-9(3-5-10)14(18)19/h2-5,8,11-12H,6-7H2,1H3,(H,16,17)(H,18,19)(H,20,21). The quantitative estimate of drug-likeness (QED) is 0.787. The number of benzene rings is 1. The highest BCUT2D eigenvalue weighted by Gasteiger charge is 2.41. The van der Waals surface area contributed by atoms with E-state index >= 15 is 0 Å². The number of hydrogen-bond donors (Lipinski definition) is 3. The van der Waals surface area contributed by atoms with Crippen LogP contribution in [0.2, 0.25) is 0 Å². The zero-order chi connectivity index (χ0) is 15.6. The summed E-state index contributed by atoms with van der Waals surface area (Å²) >= 11 is 0. The Balaban J connectivity index is 2.06. The lowest BCUT2D eigenvalue weighted by atomic mass is 9.95. The van der Waals surface area contributed by atoms with Gasteiger partial charge in [-0.05, 0) is 43.0 Å². The van der Waals surface area contributed by atoms with E-state index in [2.05, 4.69) is 5.32 Å². The predicted molar refractivity (Wildman–Crippen MR) is 75.0 cm³/mol. The maximum atomic E-state index is 12.2. The maximum Gasteiger partial charge on any atom is 0.335 e. The summed E-state index contributed by atoms with van der Waals surface area (Å²) in [6.07, 6.45) is 1.06. The lowest BCUT2D eigenvalue weighted by Gasteiger charge is -2.15. The van der Waals surface area contributed by atoms with Gasteiger partial charge in [0.15, 0.2) is 0 Å². The number of nitrogens with one attached hydrogen (secondary N) is 1. The minimum absolute atomic E-state index is 0.130. The third-order valence-corrected chi connectivity index (χ3v) is 3.85. The third-order valence-electron chi connectivity index (χ3n) is 3.85. The number of aliphatic carboxylic acids is 1. The normalized spacial score (nSPS) is 24.5. The number of carboxylic acids is 2. The molecule has 3 N–H and O–H groups in total. The van der Waals surface area contributed by atoms with Gasteiger partial charge < -0.3 is 15.5 Å². The third kappa shape index (κ3) is 3.39. The van der Waals surface area contributed by atoms with Crippen molar-refractivity contribution in [2.75, 3.05) is 5.32 Å². The fourth-order valence-corrected chi connectivity index (χ4v) is 2.79. The second kappa shape index (κ2) is 5.95. The van der Waals surface area contributed by atoms with Gasteiger partial charge in [-0.2, -0.15) is 0 Å². The van der Waals surface area contributed by atoms with Crippen molar-refractivity contribution in [3.05, 3.63) is 29.8 Å². The van der Waals surface area contributed by atoms with Crippen molar-refractivity contribution >= 4 is 23.5 Å². The van der Waals surface area contributed by atoms with Crippen LogP contribution in [-0.4, -0.2) is 28.1 Å². The summed E-state index contributed by atoms with van der Waals surface area (Å²) in [5.74, 6) is -3.30. The van der Waals surface area contributed by atoms with E-state index in [4.69, 9.17) is 10.2 Å². The summed E-state index contributed by atoms with van der Waals surface area (Å²) in [5.41, 5.74) is 0.597. The lowest BCUT2D eigenvalue weighted by Crippen LogP contribution is -2.29. The highest BCUT2D eigenvalue weighted by molar-refractivity contribution is 5.96. The molecule has 1 aromatic rings. The number of aromatic carboxylic acids is 1. The van der Waals surface area contributed by atoms with Gasteiger partial charge in [-0.1, -0.05) is 6.92 Å². The van der Waals surface area contributed by atoms with Gasteiger partial charge in [-0.3, -0.25) is 9.59 Å². The van der Waals surface area contributed by atoms with E-state index in [0.29, 0.717) is 18.5 Å². The van der Waals surface area contributed by atoms with E-state index in [1.54, 1.807) is 0 Å². The molecule has 21 heavy (non-hydrogen) atoms. The molecular formula is C15H17NO5. The molecule has 0 spiro atoms. The Labute approximate surface area is 121 Å². The second-order valence-electron chi connectivity index (χ2n) is 5.50. The Bertz CT molecular complexity index is 566. The van der Waals surface area contributed by atoms with Crippen molar-refractivity contribution in [3.8, 4) is 0 Å². The summed E-state index contributed by atoms with van der Waals surface area (Å²) in [6, 6.07) is 5.78. The van der Waals surface area contributed by atoms with E-state index in [1.165, 1.54) is 24.3 Å². The van der Waals surface area contributed by atoms with Gasteiger partial charge in [-0.25, -0.2) is 4.79 Å². The number of rotatable bonds is 4. The number of carbonyl (C=O) groups excluding carboxylic acids is 1. The SMILES string of the molecule is CC1CC(C(=O)O)C(C(=O)Nc2ccc(C(=O)O)cc2)C1. The van der Waals surface area contributed by atoms with Gasteiger partial charge in [-0.15, -0.1) is 0 Å². The van der Waals surface area contributed by atoms with E-state index in [1.807, 2.05) is 6.92 Å². The topological polar surface area (TPSA) is 104 Å². The first-order chi connectivity index (χ1) is 9.88. The molecule has 2 rings (SSSR count). The Morgan fingerprint density at radius 2 is 1.62 bits per heavy atom. The van der Waals surface area contributed by atoms with Crippen LogP contribution >= 0.6 is 0 Å². The van der Waals surface area contributed by atoms with Crippen molar-refractivity contribution in [2.24, 2.45) is 17.8 Å². The number of carboxylic acid groups (broad SMARTS) is 2. The van der Waals surface area contributed by atoms with Crippen LogP contribution in [0, 0.1) is 17.8 Å². The molecular weight excluding hydrogens is 274 g/mol. The summed E-state index contributed by atoms with van der Waals surface area (Å²) in [7, 11) is 0. The van der Waals surface area contributed by atoms with Crippen molar-refractivity contribution in [3.63, 3.8) is 0 Å². The van der Waals surface area contributed by atoms with Crippen LogP contribution in [-0.2, 0) is 9.59 Å². The monoisotopic (exact) mass is 291 g/mol. The van der Waals surface area contributed by atoms with Gasteiger partial charge in [0.25, 0.3) is 0 Å². The predicted octanol–water partition coefficient (Wildman–Crippen LogP) is 2.07. The van der Waals surface area contributed by atoms with Crippen LogP contribution in [0.15, 0.2) is 24.3 Å². The van der Waals surface area contributed by atoms with Crippen LogP contribution in [0.5, 0.6) is 0 Å². The zero-order valence-electron chi connectivity index (χ0n) is 11.6. The van der Waals surface area contributed by atoms with Crippen LogP contribution in [0.25, 0.3) is 0 Å². The van der Waals surface area contributed by atoms with Crippen molar-refractivity contribution < 1.29 is 24.6 Å². The van der Waals surface area contributed by atoms with Gasteiger partial charge in [0.1, 0.15) is 0 Å². The van der Waals surface area contributed by atoms with Crippen LogP contribution in [0.4, 0.5) is 5.69 Å². The van der Waals surface area contributed by atoms with Crippen molar-refractivity contribution in [1.29, 1.82) is 0 Å². The molecule has 3 atom stereocenters. The number of hydrogen-bond acceptors (Lipinski definition) is 3. The van der Waals surface area contributed by atoms with Crippen molar-refractivity contribution in [2.45, 2.75) is 19.8 Å². The molecule has 1 saturated carbocycles. The summed E-state index contributed by atoms with van der Waals surface area (Å²) in [6.45, 7) is 1.94. The van der Waals surface area contributed by atoms with Gasteiger partial charge in [0, 0.05) is 5.69 Å². The molecule has 0 bridgehead atoms. The molecule has 3 unspecified atom stereocenters. The highest BCUT2D eigenvalue weighted by Crippen LogP contribution is 2.37. The highest BCUT2D eigenvalue weighted by atomic mass is 16.4. The fraction of sp³-hybridized carbons (Fsp3) is 0.400. The average molecular weight is 291 g/mol. The molecule has 0 aliphatic heterocycles. The molecule has 6 nitrogen and oxygen atoms in total. The van der Waals surface area contributed by atoms with Crippen LogP contribution < -0.4 is 5.32 Å². The first-order valence-corrected chi connectivity index (χ1v) is 6.75. The fourth-order valence-electron chi connectivity index (χ4n) is 2.79. The van der Waals surface area contributed by atoms with Crippen LogP contribution in [0.1, 0.15) is 30.1 Å². The molecule has 112 valence electrons. The first-order valence-electron chi connectivity index (χ1n) is 6.75. The lowest BCUT2D eigenvalue weighted by molar-refractivity contribution is -0.145. The summed E-state index contributed by atoms with van der Waals surface area (Å²) < 4.78 is 0. The smallest absolute Gasteiger partial charge is 0.335 e. The number of carbonyl (C=O) groups is 3. The van der Waals surface area contributed by atoms with Crippen LogP contribution in [0.3, 0.4) is 0 Å². The van der Waals surface area contributed by atoms with Gasteiger partial charge >= 0.3 is 11.9 Å². The summed E-state index contributed by atoms with van der Waals surface area (Å²) in [4.78, 5) is 34.1. The Hall–Kier alpha value is -2.37. The minimum atomic E-state index is -1.04. The minimum Gasteiger partial charge on any atom is -0.481 e. The number of amides is 1. The van der Waals surface area contributed by atoms with E-state index in [-0.39, 0.29) is 17.4 Å². The average Bonchev–Trinajstić information content (AvgIpc) is 2.82. The first kappa shape index (κ1) is 15.0. The largest absolute Gasteiger partial charge is 0.481 e. The Morgan fingerprint density at radius 1 is 1.05 bits per heavy atom. The second-order valence-corrected chi connectivity index (χ2v) is 5.50. The molecule has 0 heterocycles. The van der Waals surface area contributed by atoms with E-state index in [0.717, 1.165) is 0 Å². The molecule has 0 radical (unpaired) electrons. The molecule has 1 aromatic carbocycles. The Kier molecular flexibility index (Phi) is 4.26. The Morgan fingerprint density at radius 3 is 2.14 bits per heavy atom. The molecule has 6 heteroatoms. The van der Waals surface area contributed by atoms with Gasteiger partial charge in [0.2, 0.25) is 5.91 Å².